The van der Waals surface area contributed by atoms with Gasteiger partial charge < -0.3 is 10.1 Å². The van der Waals surface area contributed by atoms with Crippen LogP contribution in [0.4, 0.5) is 0 Å². The Morgan fingerprint density at radius 2 is 1.95 bits per heavy atom. The normalized spacial score (nSPS) is 19.6. The molecule has 1 aliphatic rings. The Labute approximate surface area is 117 Å². The zero-order valence-corrected chi connectivity index (χ0v) is 12.9. The number of hydrogen-bond donors (Lipinski definition) is 1. The first-order valence-corrected chi connectivity index (χ1v) is 7.66. The minimum Gasteiger partial charge on any atom is -0.465 e. The fourth-order valence-corrected chi connectivity index (χ4v) is 2.53. The predicted molar refractivity (Wildman–Crippen MR) is 78.1 cm³/mol. The van der Waals surface area contributed by atoms with Gasteiger partial charge in [0.15, 0.2) is 0 Å². The number of nitrogens with one attached hydrogen (secondary N) is 1. The average molecular weight is 270 g/mol. The SMILES string of the molecule is CCOC(=O)C(C)N1CCC(CNCC(C)C)CC1. The summed E-state index contributed by atoms with van der Waals surface area (Å²) in [5.74, 6) is 1.38. The fourth-order valence-electron chi connectivity index (χ4n) is 2.53. The summed E-state index contributed by atoms with van der Waals surface area (Å²) >= 11 is 0. The van der Waals surface area contributed by atoms with Crippen LogP contribution in [0.1, 0.15) is 40.5 Å². The second-order valence-electron chi connectivity index (χ2n) is 5.96. The molecule has 0 amide bonds. The molecular weight excluding hydrogens is 240 g/mol. The molecule has 1 heterocycles. The zero-order valence-electron chi connectivity index (χ0n) is 12.9. The third-order valence-electron chi connectivity index (χ3n) is 3.81. The summed E-state index contributed by atoms with van der Waals surface area (Å²) in [5.41, 5.74) is 0. The Hall–Kier alpha value is -0.610. The molecule has 4 heteroatoms. The quantitative estimate of drug-likeness (QED) is 0.717. The van der Waals surface area contributed by atoms with E-state index >= 15 is 0 Å². The van der Waals surface area contributed by atoms with Crippen molar-refractivity contribution in [3.05, 3.63) is 0 Å². The van der Waals surface area contributed by atoms with Crippen LogP contribution in [0.3, 0.4) is 0 Å². The van der Waals surface area contributed by atoms with Crippen LogP contribution < -0.4 is 5.32 Å². The van der Waals surface area contributed by atoms with Gasteiger partial charge in [0.2, 0.25) is 0 Å². The molecule has 0 saturated carbocycles. The van der Waals surface area contributed by atoms with E-state index < -0.39 is 0 Å². The maximum absolute atomic E-state index is 11.7. The first kappa shape index (κ1) is 16.4. The monoisotopic (exact) mass is 270 g/mol. The molecule has 1 aliphatic heterocycles. The van der Waals surface area contributed by atoms with E-state index in [-0.39, 0.29) is 12.0 Å². The molecule has 1 fully saturated rings. The van der Waals surface area contributed by atoms with Gasteiger partial charge in [-0.1, -0.05) is 13.8 Å². The molecular formula is C15H30N2O2. The third kappa shape index (κ3) is 5.91. The highest BCUT2D eigenvalue weighted by Gasteiger charge is 2.27. The number of esters is 1. The van der Waals surface area contributed by atoms with Gasteiger partial charge in [-0.15, -0.1) is 0 Å². The first-order valence-electron chi connectivity index (χ1n) is 7.66. The molecule has 0 aromatic heterocycles. The van der Waals surface area contributed by atoms with Crippen LogP contribution in [0.2, 0.25) is 0 Å². The number of piperidine rings is 1. The highest BCUT2D eigenvalue weighted by molar-refractivity contribution is 5.75. The maximum Gasteiger partial charge on any atom is 0.323 e. The molecule has 0 aliphatic carbocycles. The van der Waals surface area contributed by atoms with Crippen LogP contribution in [-0.2, 0) is 9.53 Å². The Kier molecular flexibility index (Phi) is 7.39. The van der Waals surface area contributed by atoms with Gasteiger partial charge in [-0.05, 0) is 64.7 Å². The van der Waals surface area contributed by atoms with Gasteiger partial charge in [-0.2, -0.15) is 0 Å². The number of ether oxygens (including phenoxy) is 1. The van der Waals surface area contributed by atoms with E-state index in [1.54, 1.807) is 0 Å². The summed E-state index contributed by atoms with van der Waals surface area (Å²) in [7, 11) is 0. The molecule has 0 bridgehead atoms. The van der Waals surface area contributed by atoms with Crippen LogP contribution in [-0.4, -0.2) is 49.7 Å². The van der Waals surface area contributed by atoms with Crippen LogP contribution in [0.5, 0.6) is 0 Å². The largest absolute Gasteiger partial charge is 0.465 e. The van der Waals surface area contributed by atoms with E-state index in [9.17, 15) is 4.79 Å². The van der Waals surface area contributed by atoms with Crippen molar-refractivity contribution >= 4 is 5.97 Å². The van der Waals surface area contributed by atoms with Crippen molar-refractivity contribution in [2.75, 3.05) is 32.8 Å². The smallest absolute Gasteiger partial charge is 0.323 e. The van der Waals surface area contributed by atoms with Crippen LogP contribution in [0.15, 0.2) is 0 Å². The van der Waals surface area contributed by atoms with Gasteiger partial charge in [-0.25, -0.2) is 0 Å². The van der Waals surface area contributed by atoms with Crippen molar-refractivity contribution in [3.63, 3.8) is 0 Å². The summed E-state index contributed by atoms with van der Waals surface area (Å²) in [6.07, 6.45) is 2.35. The van der Waals surface area contributed by atoms with Gasteiger partial charge in [0.1, 0.15) is 6.04 Å². The molecule has 1 unspecified atom stereocenters. The Bertz CT molecular complexity index is 261. The first-order chi connectivity index (χ1) is 9.04. The highest BCUT2D eigenvalue weighted by Crippen LogP contribution is 2.18. The fraction of sp³-hybridized carbons (Fsp3) is 0.933. The lowest BCUT2D eigenvalue weighted by Crippen LogP contribution is -2.46. The standard InChI is InChI=1S/C15H30N2O2/c1-5-19-15(18)13(4)17-8-6-14(7-9-17)11-16-10-12(2)3/h12-14,16H,5-11H2,1-4H3. The molecule has 112 valence electrons. The number of likely N-dealkylation sites (tertiary alicyclic amines) is 1. The van der Waals surface area contributed by atoms with Gasteiger partial charge in [0.25, 0.3) is 0 Å². The molecule has 0 aromatic rings. The van der Waals surface area contributed by atoms with Crippen molar-refractivity contribution in [1.82, 2.24) is 10.2 Å². The summed E-state index contributed by atoms with van der Waals surface area (Å²) in [5, 5.41) is 3.53. The van der Waals surface area contributed by atoms with Gasteiger partial charge in [0.05, 0.1) is 6.61 Å². The van der Waals surface area contributed by atoms with Crippen LogP contribution >= 0.6 is 0 Å². The van der Waals surface area contributed by atoms with Crippen molar-refractivity contribution in [3.8, 4) is 0 Å². The number of hydrogen-bond acceptors (Lipinski definition) is 4. The summed E-state index contributed by atoms with van der Waals surface area (Å²) in [6, 6.07) is -0.0930. The van der Waals surface area contributed by atoms with Crippen molar-refractivity contribution in [2.45, 2.75) is 46.6 Å². The number of carbonyl (C=O) groups excluding carboxylic acids is 1. The lowest BCUT2D eigenvalue weighted by atomic mass is 9.95. The molecule has 1 atom stereocenters. The highest BCUT2D eigenvalue weighted by atomic mass is 16.5. The van der Waals surface area contributed by atoms with Gasteiger partial charge in [-0.3, -0.25) is 9.69 Å². The zero-order chi connectivity index (χ0) is 14.3. The van der Waals surface area contributed by atoms with E-state index in [1.807, 2.05) is 13.8 Å². The van der Waals surface area contributed by atoms with Gasteiger partial charge in [0, 0.05) is 0 Å². The number of nitrogens with zero attached hydrogens (tertiary/aromatic N) is 1. The molecule has 0 aromatic carbocycles. The summed E-state index contributed by atoms with van der Waals surface area (Å²) in [4.78, 5) is 13.9. The number of rotatable bonds is 7. The Morgan fingerprint density at radius 1 is 1.32 bits per heavy atom. The Morgan fingerprint density at radius 3 is 2.47 bits per heavy atom. The van der Waals surface area contributed by atoms with Gasteiger partial charge >= 0.3 is 5.97 Å². The minimum absolute atomic E-state index is 0.0844. The third-order valence-corrected chi connectivity index (χ3v) is 3.81. The molecule has 1 saturated heterocycles. The molecule has 0 spiro atoms. The van der Waals surface area contributed by atoms with Crippen LogP contribution in [0.25, 0.3) is 0 Å². The Balaban J connectivity index is 2.22. The molecule has 1 N–H and O–H groups in total. The summed E-state index contributed by atoms with van der Waals surface area (Å²) < 4.78 is 5.08. The van der Waals surface area contributed by atoms with Crippen molar-refractivity contribution in [2.24, 2.45) is 11.8 Å². The van der Waals surface area contributed by atoms with E-state index in [0.29, 0.717) is 12.5 Å². The summed E-state index contributed by atoms with van der Waals surface area (Å²) in [6.45, 7) is 13.0. The lowest BCUT2D eigenvalue weighted by molar-refractivity contribution is -0.149. The van der Waals surface area contributed by atoms with E-state index in [0.717, 1.165) is 32.1 Å². The van der Waals surface area contributed by atoms with E-state index in [4.69, 9.17) is 4.74 Å². The lowest BCUT2D eigenvalue weighted by Gasteiger charge is -2.35. The van der Waals surface area contributed by atoms with Crippen molar-refractivity contribution < 1.29 is 9.53 Å². The van der Waals surface area contributed by atoms with Crippen molar-refractivity contribution in [1.29, 1.82) is 0 Å². The maximum atomic E-state index is 11.7. The molecule has 4 nitrogen and oxygen atoms in total. The second kappa shape index (κ2) is 8.54. The van der Waals surface area contributed by atoms with Crippen LogP contribution in [0, 0.1) is 11.8 Å². The average Bonchev–Trinajstić information content (AvgIpc) is 2.38. The number of carbonyl (C=O) groups is 1. The van der Waals surface area contributed by atoms with E-state index in [2.05, 4.69) is 24.1 Å². The second-order valence-corrected chi connectivity index (χ2v) is 5.96. The predicted octanol–water partition coefficient (Wildman–Crippen LogP) is 1.90. The minimum atomic E-state index is -0.0930. The molecule has 1 rings (SSSR count). The molecule has 19 heavy (non-hydrogen) atoms. The molecule has 0 radical (unpaired) electrons. The van der Waals surface area contributed by atoms with E-state index in [1.165, 1.54) is 12.8 Å². The topological polar surface area (TPSA) is 41.6 Å².